The molecule has 6 heteroatoms. The lowest BCUT2D eigenvalue weighted by molar-refractivity contribution is 0.0930. The SMILES string of the molecule is Cc1ccc(-c2cc(C(=O)NC(C)c3cn(C)nc3C)no2)cc1. The molecule has 2 heterocycles. The van der Waals surface area contributed by atoms with Gasteiger partial charge in [0.2, 0.25) is 0 Å². The van der Waals surface area contributed by atoms with Crippen LogP contribution in [-0.4, -0.2) is 20.8 Å². The predicted octanol–water partition coefficient (Wildman–Crippen LogP) is 3.18. The van der Waals surface area contributed by atoms with E-state index in [4.69, 9.17) is 4.52 Å². The number of rotatable bonds is 4. The van der Waals surface area contributed by atoms with Crippen LogP contribution in [0.1, 0.15) is 40.3 Å². The number of carbonyl (C=O) groups excluding carboxylic acids is 1. The van der Waals surface area contributed by atoms with Crippen LogP contribution in [0.5, 0.6) is 0 Å². The van der Waals surface area contributed by atoms with Crippen molar-refractivity contribution in [3.05, 3.63) is 59.0 Å². The van der Waals surface area contributed by atoms with E-state index in [0.717, 1.165) is 22.4 Å². The van der Waals surface area contributed by atoms with Crippen molar-refractivity contribution < 1.29 is 9.32 Å². The van der Waals surface area contributed by atoms with E-state index in [1.165, 1.54) is 0 Å². The molecular formula is C18H20N4O2. The van der Waals surface area contributed by atoms with Crippen molar-refractivity contribution in [2.75, 3.05) is 0 Å². The summed E-state index contributed by atoms with van der Waals surface area (Å²) in [7, 11) is 1.86. The molecule has 1 unspecified atom stereocenters. The van der Waals surface area contributed by atoms with Gasteiger partial charge < -0.3 is 9.84 Å². The quantitative estimate of drug-likeness (QED) is 0.800. The highest BCUT2D eigenvalue weighted by Crippen LogP contribution is 2.21. The van der Waals surface area contributed by atoms with Crippen molar-refractivity contribution in [1.29, 1.82) is 0 Å². The fourth-order valence-electron chi connectivity index (χ4n) is 2.63. The molecule has 6 nitrogen and oxygen atoms in total. The molecule has 1 N–H and O–H groups in total. The zero-order valence-corrected chi connectivity index (χ0v) is 14.2. The molecule has 1 atom stereocenters. The Bertz CT molecular complexity index is 862. The van der Waals surface area contributed by atoms with Crippen molar-refractivity contribution >= 4 is 5.91 Å². The zero-order valence-electron chi connectivity index (χ0n) is 14.2. The van der Waals surface area contributed by atoms with Crippen LogP contribution in [0.4, 0.5) is 0 Å². The van der Waals surface area contributed by atoms with Gasteiger partial charge in [0.25, 0.3) is 5.91 Å². The van der Waals surface area contributed by atoms with Crippen LogP contribution in [-0.2, 0) is 7.05 Å². The molecule has 0 saturated carbocycles. The first-order chi connectivity index (χ1) is 11.4. The molecule has 0 spiro atoms. The fraction of sp³-hybridized carbons (Fsp3) is 0.278. The number of aryl methyl sites for hydroxylation is 3. The van der Waals surface area contributed by atoms with E-state index < -0.39 is 0 Å². The number of benzene rings is 1. The second-order valence-corrected chi connectivity index (χ2v) is 5.98. The molecule has 0 bridgehead atoms. The van der Waals surface area contributed by atoms with Gasteiger partial charge in [0.05, 0.1) is 11.7 Å². The number of nitrogens with one attached hydrogen (secondary N) is 1. The molecule has 1 amide bonds. The van der Waals surface area contributed by atoms with Crippen LogP contribution in [0.15, 0.2) is 41.1 Å². The highest BCUT2D eigenvalue weighted by atomic mass is 16.5. The van der Waals surface area contributed by atoms with Crippen LogP contribution in [0.25, 0.3) is 11.3 Å². The van der Waals surface area contributed by atoms with Gasteiger partial charge in [0.1, 0.15) is 0 Å². The number of amides is 1. The molecule has 3 aromatic rings. The third-order valence-electron chi connectivity index (χ3n) is 3.94. The van der Waals surface area contributed by atoms with Crippen LogP contribution in [0, 0.1) is 13.8 Å². The molecule has 0 radical (unpaired) electrons. The highest BCUT2D eigenvalue weighted by Gasteiger charge is 2.18. The lowest BCUT2D eigenvalue weighted by Gasteiger charge is -2.11. The average Bonchev–Trinajstić information content (AvgIpc) is 3.14. The summed E-state index contributed by atoms with van der Waals surface area (Å²) in [5, 5.41) is 11.1. The zero-order chi connectivity index (χ0) is 17.3. The summed E-state index contributed by atoms with van der Waals surface area (Å²) in [5.74, 6) is 0.304. The topological polar surface area (TPSA) is 73.0 Å². The number of carbonyl (C=O) groups is 1. The molecule has 2 aromatic heterocycles. The van der Waals surface area contributed by atoms with Crippen molar-refractivity contribution in [3.63, 3.8) is 0 Å². The van der Waals surface area contributed by atoms with Gasteiger partial charge in [0.15, 0.2) is 11.5 Å². The first-order valence-electron chi connectivity index (χ1n) is 7.79. The fourth-order valence-corrected chi connectivity index (χ4v) is 2.63. The van der Waals surface area contributed by atoms with Crippen LogP contribution >= 0.6 is 0 Å². The van der Waals surface area contributed by atoms with E-state index in [0.29, 0.717) is 5.76 Å². The molecular weight excluding hydrogens is 304 g/mol. The second kappa shape index (κ2) is 6.31. The van der Waals surface area contributed by atoms with E-state index in [-0.39, 0.29) is 17.6 Å². The number of aromatic nitrogens is 3. The van der Waals surface area contributed by atoms with E-state index in [9.17, 15) is 4.79 Å². The van der Waals surface area contributed by atoms with Crippen molar-refractivity contribution in [1.82, 2.24) is 20.3 Å². The van der Waals surface area contributed by atoms with Crippen molar-refractivity contribution in [3.8, 4) is 11.3 Å². The van der Waals surface area contributed by atoms with Gasteiger partial charge in [-0.15, -0.1) is 0 Å². The third kappa shape index (κ3) is 3.22. The molecule has 0 aliphatic heterocycles. The van der Waals surface area contributed by atoms with Gasteiger partial charge in [-0.1, -0.05) is 35.0 Å². The first-order valence-corrected chi connectivity index (χ1v) is 7.79. The van der Waals surface area contributed by atoms with Gasteiger partial charge in [0, 0.05) is 30.4 Å². The molecule has 1 aromatic carbocycles. The summed E-state index contributed by atoms with van der Waals surface area (Å²) < 4.78 is 7.03. The number of nitrogens with zero attached hydrogens (tertiary/aromatic N) is 3. The Labute approximate surface area is 140 Å². The maximum Gasteiger partial charge on any atom is 0.273 e. The Morgan fingerprint density at radius 1 is 1.25 bits per heavy atom. The van der Waals surface area contributed by atoms with Gasteiger partial charge in [-0.3, -0.25) is 9.48 Å². The third-order valence-corrected chi connectivity index (χ3v) is 3.94. The summed E-state index contributed by atoms with van der Waals surface area (Å²) in [6.07, 6.45) is 1.90. The maximum atomic E-state index is 12.4. The molecule has 3 rings (SSSR count). The normalized spacial score (nSPS) is 12.2. The molecule has 124 valence electrons. The molecule has 0 saturated heterocycles. The van der Waals surface area contributed by atoms with Gasteiger partial charge in [-0.2, -0.15) is 5.10 Å². The Balaban J connectivity index is 1.74. The monoisotopic (exact) mass is 324 g/mol. The van der Waals surface area contributed by atoms with E-state index in [1.807, 2.05) is 58.3 Å². The lowest BCUT2D eigenvalue weighted by atomic mass is 10.1. The minimum Gasteiger partial charge on any atom is -0.355 e. The van der Waals surface area contributed by atoms with Gasteiger partial charge in [-0.05, 0) is 20.8 Å². The first kappa shape index (κ1) is 16.0. The van der Waals surface area contributed by atoms with E-state index in [1.54, 1.807) is 10.7 Å². The average molecular weight is 324 g/mol. The van der Waals surface area contributed by atoms with Crippen molar-refractivity contribution in [2.45, 2.75) is 26.8 Å². The van der Waals surface area contributed by atoms with Crippen LogP contribution in [0.3, 0.4) is 0 Å². The molecule has 0 fully saturated rings. The van der Waals surface area contributed by atoms with Crippen LogP contribution in [0.2, 0.25) is 0 Å². The summed E-state index contributed by atoms with van der Waals surface area (Å²) in [4.78, 5) is 12.4. The molecule has 24 heavy (non-hydrogen) atoms. The minimum absolute atomic E-state index is 0.161. The van der Waals surface area contributed by atoms with Crippen LogP contribution < -0.4 is 5.32 Å². The summed E-state index contributed by atoms with van der Waals surface area (Å²) in [5.41, 5.74) is 4.19. The van der Waals surface area contributed by atoms with E-state index >= 15 is 0 Å². The Kier molecular flexibility index (Phi) is 4.20. The van der Waals surface area contributed by atoms with E-state index in [2.05, 4.69) is 15.6 Å². The number of hydrogen-bond donors (Lipinski definition) is 1. The summed E-state index contributed by atoms with van der Waals surface area (Å²) >= 11 is 0. The van der Waals surface area contributed by atoms with Gasteiger partial charge >= 0.3 is 0 Å². The minimum atomic E-state index is -0.270. The Hall–Kier alpha value is -2.89. The molecule has 0 aliphatic carbocycles. The second-order valence-electron chi connectivity index (χ2n) is 5.98. The summed E-state index contributed by atoms with van der Waals surface area (Å²) in [6.45, 7) is 5.86. The highest BCUT2D eigenvalue weighted by molar-refractivity contribution is 5.93. The number of hydrogen-bond acceptors (Lipinski definition) is 4. The Morgan fingerprint density at radius 3 is 2.58 bits per heavy atom. The lowest BCUT2D eigenvalue weighted by Crippen LogP contribution is -2.27. The van der Waals surface area contributed by atoms with Gasteiger partial charge in [-0.25, -0.2) is 0 Å². The Morgan fingerprint density at radius 2 is 1.96 bits per heavy atom. The smallest absolute Gasteiger partial charge is 0.273 e. The largest absolute Gasteiger partial charge is 0.355 e. The standard InChI is InChI=1S/C18H20N4O2/c1-11-5-7-14(8-6-11)17-9-16(21-24-17)18(23)19-12(2)15-10-22(4)20-13(15)3/h5-10,12H,1-4H3,(H,19,23). The predicted molar refractivity (Wildman–Crippen MR) is 90.5 cm³/mol. The van der Waals surface area contributed by atoms with Crippen molar-refractivity contribution in [2.24, 2.45) is 7.05 Å². The summed E-state index contributed by atoms with van der Waals surface area (Å²) in [6, 6.07) is 9.36. The molecule has 0 aliphatic rings. The maximum absolute atomic E-state index is 12.4.